The van der Waals surface area contributed by atoms with Gasteiger partial charge in [0.2, 0.25) is 0 Å². The molecule has 0 saturated heterocycles. The third-order valence-electron chi connectivity index (χ3n) is 3.92. The summed E-state index contributed by atoms with van der Waals surface area (Å²) in [5, 5.41) is 20.5. The van der Waals surface area contributed by atoms with E-state index in [-0.39, 0.29) is 0 Å². The Bertz CT molecular complexity index is 955. The van der Waals surface area contributed by atoms with Gasteiger partial charge in [0, 0.05) is 10.8 Å². The molecular weight excluding hydrogens is 275 g/mol. The van der Waals surface area contributed by atoms with Crippen LogP contribution in [-0.2, 0) is 0 Å². The monoisotopic (exact) mass is 288 g/mol. The van der Waals surface area contributed by atoms with Crippen LogP contribution in [0.1, 0.15) is 0 Å². The van der Waals surface area contributed by atoms with Gasteiger partial charge in [0.1, 0.15) is 11.2 Å². The zero-order valence-electron chi connectivity index (χ0n) is 11.7. The molecule has 0 aliphatic rings. The maximum atomic E-state index is 9.16. The fourth-order valence-corrected chi connectivity index (χ4v) is 2.75. The molecule has 0 radical (unpaired) electrons. The number of para-hydroxylation sites is 1. The lowest BCUT2D eigenvalue weighted by Crippen LogP contribution is -2.29. The van der Waals surface area contributed by atoms with E-state index in [2.05, 4.69) is 12.1 Å². The van der Waals surface area contributed by atoms with Crippen LogP contribution >= 0.6 is 0 Å². The molecule has 2 N–H and O–H groups in total. The minimum Gasteiger partial charge on any atom is -0.456 e. The number of fused-ring (bicyclic) bond motifs is 3. The van der Waals surface area contributed by atoms with E-state index in [0.29, 0.717) is 5.46 Å². The third-order valence-corrected chi connectivity index (χ3v) is 3.92. The van der Waals surface area contributed by atoms with E-state index in [1.54, 1.807) is 12.1 Å². The minimum absolute atomic E-state index is 0.485. The highest BCUT2D eigenvalue weighted by atomic mass is 16.4. The van der Waals surface area contributed by atoms with E-state index in [1.165, 1.54) is 0 Å². The van der Waals surface area contributed by atoms with Gasteiger partial charge in [-0.3, -0.25) is 0 Å². The highest BCUT2D eigenvalue weighted by molar-refractivity contribution is 6.58. The van der Waals surface area contributed by atoms with Gasteiger partial charge in [-0.2, -0.15) is 0 Å². The van der Waals surface area contributed by atoms with Crippen molar-refractivity contribution in [2.45, 2.75) is 0 Å². The van der Waals surface area contributed by atoms with Crippen molar-refractivity contribution >= 4 is 34.5 Å². The predicted octanol–water partition coefficient (Wildman–Crippen LogP) is 2.93. The lowest BCUT2D eigenvalue weighted by Gasteiger charge is -2.04. The molecule has 0 aliphatic heterocycles. The second-order valence-corrected chi connectivity index (χ2v) is 5.30. The molecule has 0 aliphatic carbocycles. The summed E-state index contributed by atoms with van der Waals surface area (Å²) < 4.78 is 5.83. The average Bonchev–Trinajstić information content (AvgIpc) is 2.92. The van der Waals surface area contributed by atoms with Crippen LogP contribution in [0.2, 0.25) is 0 Å². The molecule has 106 valence electrons. The molecule has 4 rings (SSSR count). The van der Waals surface area contributed by atoms with Crippen molar-refractivity contribution in [1.82, 2.24) is 0 Å². The van der Waals surface area contributed by atoms with E-state index < -0.39 is 7.12 Å². The van der Waals surface area contributed by atoms with E-state index in [9.17, 15) is 0 Å². The Kier molecular flexibility index (Phi) is 3.00. The van der Waals surface area contributed by atoms with E-state index in [0.717, 1.165) is 33.1 Å². The first-order chi connectivity index (χ1) is 10.7. The quantitative estimate of drug-likeness (QED) is 0.558. The summed E-state index contributed by atoms with van der Waals surface area (Å²) in [5.74, 6) is 0. The van der Waals surface area contributed by atoms with Crippen molar-refractivity contribution in [2.24, 2.45) is 0 Å². The van der Waals surface area contributed by atoms with Crippen LogP contribution in [0.25, 0.3) is 33.1 Å². The second kappa shape index (κ2) is 5.02. The molecule has 4 aromatic rings. The summed E-state index contributed by atoms with van der Waals surface area (Å²) in [6, 6.07) is 21.3. The van der Waals surface area contributed by atoms with Crippen molar-refractivity contribution in [2.75, 3.05) is 0 Å². The normalized spacial score (nSPS) is 11.2. The van der Waals surface area contributed by atoms with E-state index in [1.807, 2.05) is 42.5 Å². The predicted molar refractivity (Wildman–Crippen MR) is 89.0 cm³/mol. The first-order valence-electron chi connectivity index (χ1n) is 7.10. The van der Waals surface area contributed by atoms with Gasteiger partial charge in [0.25, 0.3) is 0 Å². The standard InChI is InChI=1S/C18H13BO3/c20-19(21)14-8-5-12(6-9-14)13-7-10-18-16(11-13)15-3-1-2-4-17(15)22-18/h1-11,20-21H. The highest BCUT2D eigenvalue weighted by Crippen LogP contribution is 2.31. The molecule has 4 heteroatoms. The van der Waals surface area contributed by atoms with E-state index in [4.69, 9.17) is 14.5 Å². The van der Waals surface area contributed by atoms with Crippen LogP contribution in [-0.4, -0.2) is 17.2 Å². The number of hydrogen-bond donors (Lipinski definition) is 2. The lowest BCUT2D eigenvalue weighted by atomic mass is 9.80. The Morgan fingerprint density at radius 2 is 1.36 bits per heavy atom. The molecule has 0 spiro atoms. The minimum atomic E-state index is -1.44. The van der Waals surface area contributed by atoms with Crippen LogP contribution in [0.3, 0.4) is 0 Å². The molecule has 0 bridgehead atoms. The topological polar surface area (TPSA) is 53.6 Å². The number of hydrogen-bond acceptors (Lipinski definition) is 3. The summed E-state index contributed by atoms with van der Waals surface area (Å²) >= 11 is 0. The van der Waals surface area contributed by atoms with E-state index >= 15 is 0 Å². The summed E-state index contributed by atoms with van der Waals surface area (Å²) in [6.07, 6.45) is 0. The van der Waals surface area contributed by atoms with Crippen molar-refractivity contribution in [3.8, 4) is 11.1 Å². The summed E-state index contributed by atoms with van der Waals surface area (Å²) in [7, 11) is -1.44. The molecule has 0 unspecified atom stereocenters. The molecule has 3 nitrogen and oxygen atoms in total. The first-order valence-corrected chi connectivity index (χ1v) is 7.10. The smallest absolute Gasteiger partial charge is 0.456 e. The van der Waals surface area contributed by atoms with Gasteiger partial charge in [-0.1, -0.05) is 48.5 Å². The molecule has 1 heterocycles. The molecule has 0 atom stereocenters. The van der Waals surface area contributed by atoms with Crippen LogP contribution in [0.15, 0.2) is 71.1 Å². The SMILES string of the molecule is OB(O)c1ccc(-c2ccc3oc4ccccc4c3c2)cc1. The van der Waals surface area contributed by atoms with Gasteiger partial charge >= 0.3 is 7.12 Å². The average molecular weight is 288 g/mol. The maximum Gasteiger partial charge on any atom is 0.488 e. The largest absolute Gasteiger partial charge is 0.488 e. The number of benzene rings is 3. The van der Waals surface area contributed by atoms with Gasteiger partial charge in [0.05, 0.1) is 0 Å². The third kappa shape index (κ3) is 2.10. The van der Waals surface area contributed by atoms with Gasteiger partial charge in [0.15, 0.2) is 0 Å². The number of rotatable bonds is 2. The van der Waals surface area contributed by atoms with Crippen LogP contribution in [0.4, 0.5) is 0 Å². The molecule has 22 heavy (non-hydrogen) atoms. The molecular formula is C18H13BO3. The van der Waals surface area contributed by atoms with Crippen molar-refractivity contribution in [1.29, 1.82) is 0 Å². The van der Waals surface area contributed by atoms with Gasteiger partial charge in [-0.05, 0) is 34.8 Å². The van der Waals surface area contributed by atoms with Crippen LogP contribution in [0, 0.1) is 0 Å². The Balaban J connectivity index is 1.86. The van der Waals surface area contributed by atoms with Crippen molar-refractivity contribution < 1.29 is 14.5 Å². The zero-order chi connectivity index (χ0) is 15.1. The van der Waals surface area contributed by atoms with Crippen molar-refractivity contribution in [3.05, 3.63) is 66.7 Å². The lowest BCUT2D eigenvalue weighted by molar-refractivity contribution is 0.426. The Hall–Kier alpha value is -2.56. The summed E-state index contributed by atoms with van der Waals surface area (Å²) in [6.45, 7) is 0. The first kappa shape index (κ1) is 13.1. The summed E-state index contributed by atoms with van der Waals surface area (Å²) in [5.41, 5.74) is 4.33. The fraction of sp³-hybridized carbons (Fsp3) is 0. The van der Waals surface area contributed by atoms with Crippen molar-refractivity contribution in [3.63, 3.8) is 0 Å². The zero-order valence-corrected chi connectivity index (χ0v) is 11.7. The van der Waals surface area contributed by atoms with Crippen LogP contribution in [0.5, 0.6) is 0 Å². The molecule has 0 saturated carbocycles. The molecule has 0 fully saturated rings. The Morgan fingerprint density at radius 1 is 0.682 bits per heavy atom. The molecule has 3 aromatic carbocycles. The highest BCUT2D eigenvalue weighted by Gasteiger charge is 2.11. The molecule has 0 amide bonds. The Labute approximate surface area is 127 Å². The Morgan fingerprint density at radius 3 is 2.14 bits per heavy atom. The summed E-state index contributed by atoms with van der Waals surface area (Å²) in [4.78, 5) is 0. The molecule has 1 aromatic heterocycles. The van der Waals surface area contributed by atoms with Gasteiger partial charge in [-0.25, -0.2) is 0 Å². The van der Waals surface area contributed by atoms with Gasteiger partial charge < -0.3 is 14.5 Å². The fourth-order valence-electron chi connectivity index (χ4n) is 2.75. The maximum absolute atomic E-state index is 9.16. The van der Waals surface area contributed by atoms with Gasteiger partial charge in [-0.15, -0.1) is 0 Å². The van der Waals surface area contributed by atoms with Crippen LogP contribution < -0.4 is 5.46 Å². The second-order valence-electron chi connectivity index (χ2n) is 5.30. The number of furan rings is 1.